The third kappa shape index (κ3) is 8.54. The first-order valence-corrected chi connectivity index (χ1v) is 13.7. The zero-order valence-corrected chi connectivity index (χ0v) is 24.6. The smallest absolute Gasteiger partial charge is 0.226 e. The van der Waals surface area contributed by atoms with Gasteiger partial charge in [0.15, 0.2) is 0 Å². The van der Waals surface area contributed by atoms with Gasteiger partial charge in [-0.1, -0.05) is 68.8 Å². The van der Waals surface area contributed by atoms with Crippen LogP contribution in [-0.4, -0.2) is 49.1 Å². The summed E-state index contributed by atoms with van der Waals surface area (Å²) in [4.78, 5) is 20.1. The molecule has 3 aromatic rings. The van der Waals surface area contributed by atoms with Crippen LogP contribution >= 0.6 is 11.6 Å². The van der Waals surface area contributed by atoms with Crippen molar-refractivity contribution in [1.82, 2.24) is 15.2 Å². The molecular formula is C32H39ClN4O2. The van der Waals surface area contributed by atoms with Gasteiger partial charge in [0.25, 0.3) is 0 Å². The first-order chi connectivity index (χ1) is 18.5. The average Bonchev–Trinajstić information content (AvgIpc) is 2.87. The number of nitrogens with zero attached hydrogens (tertiary/aromatic N) is 3. The highest BCUT2D eigenvalue weighted by molar-refractivity contribution is 6.32. The second kappa shape index (κ2) is 13.6. The summed E-state index contributed by atoms with van der Waals surface area (Å²) in [5.74, 6) is 0.450. The summed E-state index contributed by atoms with van der Waals surface area (Å²) < 4.78 is 6.04. The third-order valence-electron chi connectivity index (χ3n) is 6.62. The molecule has 3 rings (SSSR count). The molecule has 6 nitrogen and oxygen atoms in total. The number of nitriles is 1. The van der Waals surface area contributed by atoms with Gasteiger partial charge in [0, 0.05) is 23.7 Å². The number of halogens is 1. The number of aromatic nitrogens is 1. The molecule has 0 aliphatic rings. The van der Waals surface area contributed by atoms with E-state index in [1.54, 1.807) is 0 Å². The fraction of sp³-hybridized carbons (Fsp3) is 0.406. The van der Waals surface area contributed by atoms with Gasteiger partial charge in [-0.2, -0.15) is 5.26 Å². The van der Waals surface area contributed by atoms with Crippen LogP contribution in [0.3, 0.4) is 0 Å². The van der Waals surface area contributed by atoms with Crippen molar-refractivity contribution in [1.29, 1.82) is 5.26 Å². The van der Waals surface area contributed by atoms with Crippen LogP contribution in [0, 0.1) is 23.7 Å². The van der Waals surface area contributed by atoms with Gasteiger partial charge in [0.05, 0.1) is 41.9 Å². The van der Waals surface area contributed by atoms with E-state index in [4.69, 9.17) is 21.3 Å². The van der Waals surface area contributed by atoms with Crippen LogP contribution in [0.5, 0.6) is 5.75 Å². The molecule has 1 N–H and O–H groups in total. The minimum atomic E-state index is -0.246. The molecule has 1 aromatic heterocycles. The predicted molar refractivity (Wildman–Crippen MR) is 159 cm³/mol. The summed E-state index contributed by atoms with van der Waals surface area (Å²) in [5, 5.41) is 12.8. The van der Waals surface area contributed by atoms with Crippen LogP contribution in [0.25, 0.3) is 22.4 Å². The second-order valence-electron chi connectivity index (χ2n) is 11.2. The van der Waals surface area contributed by atoms with Gasteiger partial charge in [0.1, 0.15) is 5.75 Å². The van der Waals surface area contributed by atoms with Crippen LogP contribution in [-0.2, 0) is 11.2 Å². The Labute approximate surface area is 238 Å². The maximum absolute atomic E-state index is 13.0. The third-order valence-corrected chi connectivity index (χ3v) is 6.93. The molecular weight excluding hydrogens is 508 g/mol. The summed E-state index contributed by atoms with van der Waals surface area (Å²) in [7, 11) is 4.07. The molecule has 0 radical (unpaired) electrons. The number of nitrogens with one attached hydrogen (secondary N) is 1. The molecule has 0 unspecified atom stereocenters. The van der Waals surface area contributed by atoms with Gasteiger partial charge < -0.3 is 15.0 Å². The number of hydrogen-bond donors (Lipinski definition) is 1. The number of carbonyl (C=O) groups excluding carboxylic acids is 1. The Kier molecular flexibility index (Phi) is 10.5. The first kappa shape index (κ1) is 30.1. The first-order valence-electron chi connectivity index (χ1n) is 13.3. The van der Waals surface area contributed by atoms with Gasteiger partial charge in [-0.25, -0.2) is 0 Å². The molecule has 1 heterocycles. The molecule has 0 aliphatic carbocycles. The molecule has 0 saturated heterocycles. The second-order valence-corrected chi connectivity index (χ2v) is 11.6. The van der Waals surface area contributed by atoms with E-state index in [9.17, 15) is 10.1 Å². The Morgan fingerprint density at radius 1 is 1.13 bits per heavy atom. The lowest BCUT2D eigenvalue weighted by molar-refractivity contribution is -0.121. The Hall–Kier alpha value is -3.40. The van der Waals surface area contributed by atoms with E-state index in [2.05, 4.69) is 35.3 Å². The standard InChI is InChI=1S/C32H39ClN4O2/c1-22-10-7-8-11-25(22)26-14-13-24(21-30(38)36-29(16-17-34)32(2,3)4)35-31(26)23-12-15-27(33)28(20-23)39-19-9-18-37(5)6/h7-8,10-15,20,29H,9,16,18-19,21H2,1-6H3,(H,36,38)/t29-/m0/s1. The number of ether oxygens (including phenoxy) is 1. The average molecular weight is 547 g/mol. The molecule has 39 heavy (non-hydrogen) atoms. The number of hydrogen-bond acceptors (Lipinski definition) is 5. The molecule has 0 saturated carbocycles. The van der Waals surface area contributed by atoms with Crippen LogP contribution in [0.2, 0.25) is 5.02 Å². The van der Waals surface area contributed by atoms with Gasteiger partial charge in [0.2, 0.25) is 5.91 Å². The molecule has 1 atom stereocenters. The lowest BCUT2D eigenvalue weighted by atomic mass is 9.85. The maximum atomic E-state index is 13.0. The molecule has 0 aliphatic heterocycles. The van der Waals surface area contributed by atoms with Crippen molar-refractivity contribution in [3.8, 4) is 34.2 Å². The molecule has 1 amide bonds. The van der Waals surface area contributed by atoms with E-state index in [0.29, 0.717) is 23.1 Å². The van der Waals surface area contributed by atoms with Crippen molar-refractivity contribution in [3.63, 3.8) is 0 Å². The lowest BCUT2D eigenvalue weighted by Gasteiger charge is -2.29. The van der Waals surface area contributed by atoms with Crippen molar-refractivity contribution < 1.29 is 9.53 Å². The van der Waals surface area contributed by atoms with Crippen molar-refractivity contribution in [2.24, 2.45) is 5.41 Å². The maximum Gasteiger partial charge on any atom is 0.226 e. The molecule has 0 bridgehead atoms. The molecule has 0 spiro atoms. The van der Waals surface area contributed by atoms with Gasteiger partial charge in [-0.3, -0.25) is 9.78 Å². The Morgan fingerprint density at radius 3 is 2.54 bits per heavy atom. The summed E-state index contributed by atoms with van der Waals surface area (Å²) in [6.45, 7) is 9.60. The fourth-order valence-corrected chi connectivity index (χ4v) is 4.48. The highest BCUT2D eigenvalue weighted by Gasteiger charge is 2.26. The van der Waals surface area contributed by atoms with Crippen LogP contribution in [0.15, 0.2) is 54.6 Å². The minimum Gasteiger partial charge on any atom is -0.492 e. The van der Waals surface area contributed by atoms with Crippen LogP contribution < -0.4 is 10.1 Å². The van der Waals surface area contributed by atoms with Crippen LogP contribution in [0.1, 0.15) is 44.9 Å². The fourth-order valence-electron chi connectivity index (χ4n) is 4.31. The number of amides is 1. The zero-order chi connectivity index (χ0) is 28.6. The number of rotatable bonds is 11. The van der Waals surface area contributed by atoms with Gasteiger partial charge in [-0.15, -0.1) is 0 Å². The Morgan fingerprint density at radius 2 is 1.87 bits per heavy atom. The van der Waals surface area contributed by atoms with E-state index in [1.807, 2.05) is 77.3 Å². The topological polar surface area (TPSA) is 78.2 Å². The highest BCUT2D eigenvalue weighted by Crippen LogP contribution is 2.36. The SMILES string of the molecule is Cc1ccccc1-c1ccc(CC(=O)N[C@@H](CC#N)C(C)(C)C)nc1-c1ccc(Cl)c(OCCCN(C)C)c1. The largest absolute Gasteiger partial charge is 0.492 e. The predicted octanol–water partition coefficient (Wildman–Crippen LogP) is 6.70. The van der Waals surface area contributed by atoms with E-state index in [1.165, 1.54) is 0 Å². The number of aryl methyl sites for hydroxylation is 1. The Balaban J connectivity index is 1.97. The van der Waals surface area contributed by atoms with E-state index < -0.39 is 0 Å². The number of pyridine rings is 1. The lowest BCUT2D eigenvalue weighted by Crippen LogP contribution is -2.44. The van der Waals surface area contributed by atoms with E-state index in [0.717, 1.165) is 40.9 Å². The molecule has 0 fully saturated rings. The highest BCUT2D eigenvalue weighted by atomic mass is 35.5. The molecule has 206 valence electrons. The van der Waals surface area contributed by atoms with Crippen molar-refractivity contribution >= 4 is 17.5 Å². The summed E-state index contributed by atoms with van der Waals surface area (Å²) in [6.07, 6.45) is 1.25. The van der Waals surface area contributed by atoms with Crippen molar-refractivity contribution in [2.75, 3.05) is 27.2 Å². The minimum absolute atomic E-state index is 0.112. The van der Waals surface area contributed by atoms with Crippen molar-refractivity contribution in [2.45, 2.75) is 53.0 Å². The summed E-state index contributed by atoms with van der Waals surface area (Å²) in [5.41, 5.74) is 5.20. The zero-order valence-electron chi connectivity index (χ0n) is 23.8. The molecule has 2 aromatic carbocycles. The van der Waals surface area contributed by atoms with E-state index >= 15 is 0 Å². The monoisotopic (exact) mass is 546 g/mol. The Bertz CT molecular complexity index is 1320. The summed E-state index contributed by atoms with van der Waals surface area (Å²) >= 11 is 6.49. The molecule has 7 heteroatoms. The quantitative estimate of drug-likeness (QED) is 0.271. The van der Waals surface area contributed by atoms with Crippen LogP contribution in [0.4, 0.5) is 0 Å². The normalized spacial score (nSPS) is 12.2. The van der Waals surface area contributed by atoms with Crippen molar-refractivity contribution in [3.05, 3.63) is 70.9 Å². The number of carbonyl (C=O) groups is 1. The van der Waals surface area contributed by atoms with E-state index in [-0.39, 0.29) is 30.2 Å². The van der Waals surface area contributed by atoms with Gasteiger partial charge >= 0.3 is 0 Å². The number of benzene rings is 2. The van der Waals surface area contributed by atoms with Gasteiger partial charge in [-0.05, 0) is 62.2 Å². The summed E-state index contributed by atoms with van der Waals surface area (Å²) in [6, 6.07) is 19.7.